The van der Waals surface area contributed by atoms with Crippen molar-refractivity contribution in [2.45, 2.75) is 39.3 Å². The maximum Gasteiger partial charge on any atom is 0.342 e. The largest absolute Gasteiger partial charge is 0.508 e. The number of ether oxygens (including phenoxy) is 2. The van der Waals surface area contributed by atoms with Crippen LogP contribution in [0.25, 0.3) is 0 Å². The number of carbonyl (C=O) groups excluding carboxylic acids is 2. The summed E-state index contributed by atoms with van der Waals surface area (Å²) in [6.07, 6.45) is 2.22. The molecule has 0 aliphatic carbocycles. The Hall–Kier alpha value is -2.80. The summed E-state index contributed by atoms with van der Waals surface area (Å²) in [6, 6.07) is 5.33. The second-order valence-corrected chi connectivity index (χ2v) is 6.73. The van der Waals surface area contributed by atoms with Crippen LogP contribution in [0, 0.1) is 13.8 Å². The van der Waals surface area contributed by atoms with Gasteiger partial charge in [-0.1, -0.05) is 0 Å². The van der Waals surface area contributed by atoms with Gasteiger partial charge in [-0.25, -0.2) is 4.79 Å². The highest BCUT2D eigenvalue weighted by molar-refractivity contribution is 6.01. The number of phenolic OH excluding ortho intramolecular Hbond substituents is 2. The van der Waals surface area contributed by atoms with Crippen molar-refractivity contribution in [1.82, 2.24) is 4.57 Å². The van der Waals surface area contributed by atoms with Crippen LogP contribution in [0.5, 0.6) is 11.5 Å². The van der Waals surface area contributed by atoms with E-state index in [2.05, 4.69) is 4.57 Å². The molecule has 3 rings (SSSR count). The number of esters is 1. The van der Waals surface area contributed by atoms with Gasteiger partial charge in [0.25, 0.3) is 0 Å². The Kier molecular flexibility index (Phi) is 5.51. The zero-order valence-corrected chi connectivity index (χ0v) is 15.4. The van der Waals surface area contributed by atoms with Crippen molar-refractivity contribution in [2.75, 3.05) is 13.2 Å². The maximum atomic E-state index is 12.5. The third-order valence-electron chi connectivity index (χ3n) is 4.82. The lowest BCUT2D eigenvalue weighted by molar-refractivity contribution is 0.0471. The van der Waals surface area contributed by atoms with Gasteiger partial charge in [0.05, 0.1) is 6.10 Å². The van der Waals surface area contributed by atoms with Crippen molar-refractivity contribution < 1.29 is 29.3 Å². The zero-order chi connectivity index (χ0) is 19.6. The molecular weight excluding hydrogens is 350 g/mol. The summed E-state index contributed by atoms with van der Waals surface area (Å²) < 4.78 is 12.8. The molecule has 1 saturated heterocycles. The average Bonchev–Trinajstić information content (AvgIpc) is 3.23. The molecule has 0 saturated carbocycles. The van der Waals surface area contributed by atoms with Crippen LogP contribution in [0.4, 0.5) is 0 Å². The molecule has 1 atom stereocenters. The first-order valence-electron chi connectivity index (χ1n) is 8.87. The molecule has 1 aliphatic heterocycles. The lowest BCUT2D eigenvalue weighted by atomic mass is 10.1. The Morgan fingerprint density at radius 3 is 2.67 bits per heavy atom. The van der Waals surface area contributed by atoms with Gasteiger partial charge in [0.2, 0.25) is 5.78 Å². The second-order valence-electron chi connectivity index (χ2n) is 6.73. The van der Waals surface area contributed by atoms with Crippen molar-refractivity contribution >= 4 is 11.8 Å². The highest BCUT2D eigenvalue weighted by Gasteiger charge is 2.22. The van der Waals surface area contributed by atoms with E-state index in [0.717, 1.165) is 36.9 Å². The zero-order valence-electron chi connectivity index (χ0n) is 15.4. The first kappa shape index (κ1) is 19.0. The molecule has 1 aromatic heterocycles. The molecule has 1 aliphatic rings. The third-order valence-corrected chi connectivity index (χ3v) is 4.82. The minimum Gasteiger partial charge on any atom is -0.508 e. The standard InChI is InChI=1S/C20H23NO6/c1-12-8-17(13(2)21(12)10-15-4-3-7-26-15)19(24)11-27-20(25)16-6-5-14(22)9-18(16)23/h5-6,8-9,15,22-23H,3-4,7,10-11H2,1-2H3/t15-/m0/s1. The number of aryl methyl sites for hydroxylation is 1. The molecule has 0 spiro atoms. The highest BCUT2D eigenvalue weighted by atomic mass is 16.5. The number of nitrogens with zero attached hydrogens (tertiary/aromatic N) is 1. The summed E-state index contributed by atoms with van der Waals surface area (Å²) in [7, 11) is 0. The number of benzene rings is 1. The Morgan fingerprint density at radius 1 is 1.22 bits per heavy atom. The predicted octanol–water partition coefficient (Wildman–Crippen LogP) is 2.73. The van der Waals surface area contributed by atoms with E-state index < -0.39 is 18.3 Å². The summed E-state index contributed by atoms with van der Waals surface area (Å²) in [5.74, 6) is -1.71. The van der Waals surface area contributed by atoms with Crippen LogP contribution < -0.4 is 0 Å². The normalized spacial score (nSPS) is 16.4. The van der Waals surface area contributed by atoms with Crippen LogP contribution in [0.3, 0.4) is 0 Å². The summed E-state index contributed by atoms with van der Waals surface area (Å²) in [5.41, 5.74) is 2.17. The SMILES string of the molecule is Cc1cc(C(=O)COC(=O)c2ccc(O)cc2O)c(C)n1C[C@@H]1CCCO1. The van der Waals surface area contributed by atoms with Crippen LogP contribution in [-0.2, 0) is 16.0 Å². The predicted molar refractivity (Wildman–Crippen MR) is 97.3 cm³/mol. The van der Waals surface area contributed by atoms with Gasteiger partial charge in [0.15, 0.2) is 6.61 Å². The fourth-order valence-corrected chi connectivity index (χ4v) is 3.34. The summed E-state index contributed by atoms with van der Waals surface area (Å²) >= 11 is 0. The fraction of sp³-hybridized carbons (Fsp3) is 0.400. The molecule has 0 unspecified atom stereocenters. The molecule has 144 valence electrons. The molecule has 1 fully saturated rings. The molecule has 7 nitrogen and oxygen atoms in total. The lowest BCUT2D eigenvalue weighted by Crippen LogP contribution is -2.18. The number of aromatic nitrogens is 1. The topological polar surface area (TPSA) is 98.0 Å². The minimum atomic E-state index is -0.825. The second kappa shape index (κ2) is 7.84. The maximum absolute atomic E-state index is 12.5. The van der Waals surface area contributed by atoms with Crippen molar-refractivity contribution in [3.8, 4) is 11.5 Å². The van der Waals surface area contributed by atoms with Crippen molar-refractivity contribution in [3.63, 3.8) is 0 Å². The molecule has 0 radical (unpaired) electrons. The first-order valence-corrected chi connectivity index (χ1v) is 8.87. The van der Waals surface area contributed by atoms with E-state index in [1.165, 1.54) is 12.1 Å². The number of hydrogen-bond acceptors (Lipinski definition) is 6. The molecule has 0 amide bonds. The van der Waals surface area contributed by atoms with Gasteiger partial charge in [0.1, 0.15) is 17.1 Å². The van der Waals surface area contributed by atoms with Crippen LogP contribution in [0.1, 0.15) is 44.9 Å². The quantitative estimate of drug-likeness (QED) is 0.597. The van der Waals surface area contributed by atoms with Crippen molar-refractivity contribution in [2.24, 2.45) is 0 Å². The lowest BCUT2D eigenvalue weighted by Gasteiger charge is -2.14. The van der Waals surface area contributed by atoms with Crippen LogP contribution in [0.2, 0.25) is 0 Å². The van der Waals surface area contributed by atoms with Gasteiger partial charge in [-0.2, -0.15) is 0 Å². The Labute approximate surface area is 157 Å². The van der Waals surface area contributed by atoms with E-state index in [-0.39, 0.29) is 23.2 Å². The highest BCUT2D eigenvalue weighted by Crippen LogP contribution is 2.24. The average molecular weight is 373 g/mol. The fourth-order valence-electron chi connectivity index (χ4n) is 3.34. The molecule has 27 heavy (non-hydrogen) atoms. The van der Waals surface area contributed by atoms with Crippen molar-refractivity contribution in [1.29, 1.82) is 0 Å². The van der Waals surface area contributed by atoms with Gasteiger partial charge in [0, 0.05) is 36.2 Å². The molecular formula is C20H23NO6. The molecule has 2 aromatic rings. The smallest absolute Gasteiger partial charge is 0.342 e. The summed E-state index contributed by atoms with van der Waals surface area (Å²) in [6.45, 7) is 4.84. The number of rotatable bonds is 6. The number of carbonyl (C=O) groups is 2. The van der Waals surface area contributed by atoms with Gasteiger partial charge in [-0.15, -0.1) is 0 Å². The van der Waals surface area contributed by atoms with E-state index >= 15 is 0 Å². The van der Waals surface area contributed by atoms with Gasteiger partial charge in [-0.05, 0) is 44.9 Å². The molecule has 2 N–H and O–H groups in total. The molecule has 7 heteroatoms. The van der Waals surface area contributed by atoms with E-state index in [0.29, 0.717) is 12.1 Å². The number of ketones is 1. The van der Waals surface area contributed by atoms with E-state index in [9.17, 15) is 19.8 Å². The first-order chi connectivity index (χ1) is 12.9. The minimum absolute atomic E-state index is 0.107. The Bertz CT molecular complexity index is 864. The summed E-state index contributed by atoms with van der Waals surface area (Å²) in [4.78, 5) is 24.6. The van der Waals surface area contributed by atoms with Gasteiger partial charge in [-0.3, -0.25) is 4.79 Å². The Balaban J connectivity index is 1.66. The number of phenols is 2. The summed E-state index contributed by atoms with van der Waals surface area (Å²) in [5, 5.41) is 19.0. The van der Waals surface area contributed by atoms with Gasteiger partial charge >= 0.3 is 5.97 Å². The number of Topliss-reactive ketones (excluding diaryl/α,β-unsaturated/α-hetero) is 1. The van der Waals surface area contributed by atoms with Crippen LogP contribution in [-0.4, -0.2) is 45.9 Å². The number of aromatic hydroxyl groups is 2. The van der Waals surface area contributed by atoms with E-state index in [1.807, 2.05) is 13.8 Å². The molecule has 1 aromatic carbocycles. The van der Waals surface area contributed by atoms with Crippen molar-refractivity contribution in [3.05, 3.63) is 46.8 Å². The van der Waals surface area contributed by atoms with E-state index in [4.69, 9.17) is 9.47 Å². The van der Waals surface area contributed by atoms with Crippen LogP contribution >= 0.6 is 0 Å². The van der Waals surface area contributed by atoms with Crippen LogP contribution in [0.15, 0.2) is 24.3 Å². The van der Waals surface area contributed by atoms with E-state index in [1.54, 1.807) is 6.07 Å². The molecule has 2 heterocycles. The third kappa shape index (κ3) is 4.14. The number of hydrogen-bond donors (Lipinski definition) is 2. The monoisotopic (exact) mass is 373 g/mol. The van der Waals surface area contributed by atoms with Gasteiger partial charge < -0.3 is 24.3 Å². The molecule has 0 bridgehead atoms. The Morgan fingerprint density at radius 2 is 2.00 bits per heavy atom.